The number of benzene rings is 2. The number of rotatable bonds is 13. The molecule has 2 aromatic carbocycles. The van der Waals surface area contributed by atoms with E-state index in [9.17, 15) is 9.90 Å². The fourth-order valence-electron chi connectivity index (χ4n) is 4.22. The van der Waals surface area contributed by atoms with Crippen molar-refractivity contribution < 1.29 is 9.84 Å². The Balaban J connectivity index is 1.49. The highest BCUT2D eigenvalue weighted by molar-refractivity contribution is 5.68. The van der Waals surface area contributed by atoms with Gasteiger partial charge in [-0.1, -0.05) is 38.0 Å². The minimum Gasteiger partial charge on any atom is -0.507 e. The van der Waals surface area contributed by atoms with Crippen molar-refractivity contribution in [3.05, 3.63) is 70.5 Å². The van der Waals surface area contributed by atoms with Gasteiger partial charge in [-0.15, -0.1) is 0 Å². The maximum atomic E-state index is 12.3. The number of ether oxygens (including phenoxy) is 1. The van der Waals surface area contributed by atoms with Crippen molar-refractivity contribution in [3.63, 3.8) is 0 Å². The molecule has 0 saturated heterocycles. The highest BCUT2D eigenvalue weighted by Gasteiger charge is 2.11. The quantitative estimate of drug-likeness (QED) is 0.357. The molecule has 35 heavy (non-hydrogen) atoms. The van der Waals surface area contributed by atoms with Gasteiger partial charge in [-0.2, -0.15) is 5.10 Å². The van der Waals surface area contributed by atoms with Crippen LogP contribution in [0.1, 0.15) is 38.2 Å². The van der Waals surface area contributed by atoms with Crippen molar-refractivity contribution >= 4 is 5.69 Å². The SMILES string of the molecule is CCN(CCCCCCn1nc(-c2cc(OC)ccc2O)ccc1=O)Cc1ccccc1N(C)C. The maximum Gasteiger partial charge on any atom is 0.266 e. The summed E-state index contributed by atoms with van der Waals surface area (Å²) in [5.41, 5.74) is 3.60. The molecule has 0 amide bonds. The van der Waals surface area contributed by atoms with Crippen LogP contribution < -0.4 is 15.2 Å². The van der Waals surface area contributed by atoms with Crippen molar-refractivity contribution in [1.29, 1.82) is 0 Å². The van der Waals surface area contributed by atoms with Crippen LogP contribution in [0.3, 0.4) is 0 Å². The number of aryl methyl sites for hydroxylation is 1. The van der Waals surface area contributed by atoms with Crippen LogP contribution >= 0.6 is 0 Å². The molecule has 1 heterocycles. The summed E-state index contributed by atoms with van der Waals surface area (Å²) in [7, 11) is 5.75. The summed E-state index contributed by atoms with van der Waals surface area (Å²) < 4.78 is 6.74. The molecule has 0 radical (unpaired) electrons. The normalized spacial score (nSPS) is 11.1. The van der Waals surface area contributed by atoms with Crippen molar-refractivity contribution in [2.75, 3.05) is 39.2 Å². The lowest BCUT2D eigenvalue weighted by Crippen LogP contribution is -2.25. The monoisotopic (exact) mass is 478 g/mol. The van der Waals surface area contributed by atoms with E-state index in [-0.39, 0.29) is 11.3 Å². The average Bonchev–Trinajstić information content (AvgIpc) is 2.86. The van der Waals surface area contributed by atoms with Crippen molar-refractivity contribution in [2.45, 2.75) is 45.7 Å². The molecule has 0 spiro atoms. The molecule has 7 heteroatoms. The van der Waals surface area contributed by atoms with Crippen LogP contribution in [-0.2, 0) is 13.1 Å². The zero-order valence-corrected chi connectivity index (χ0v) is 21.4. The van der Waals surface area contributed by atoms with Crippen molar-refractivity contribution in [2.24, 2.45) is 0 Å². The predicted molar refractivity (Wildman–Crippen MR) is 142 cm³/mol. The summed E-state index contributed by atoms with van der Waals surface area (Å²) in [6, 6.07) is 16.7. The molecule has 0 atom stereocenters. The second-order valence-electron chi connectivity index (χ2n) is 8.97. The minimum absolute atomic E-state index is 0.109. The molecule has 7 nitrogen and oxygen atoms in total. The highest BCUT2D eigenvalue weighted by atomic mass is 16.5. The van der Waals surface area contributed by atoms with E-state index < -0.39 is 0 Å². The number of aromatic hydroxyl groups is 1. The lowest BCUT2D eigenvalue weighted by molar-refractivity contribution is 0.272. The number of para-hydroxylation sites is 1. The molecule has 0 aliphatic carbocycles. The van der Waals surface area contributed by atoms with E-state index in [1.54, 1.807) is 31.4 Å². The Bertz CT molecular complexity index is 1140. The van der Waals surface area contributed by atoms with Gasteiger partial charge in [-0.25, -0.2) is 4.68 Å². The first-order valence-electron chi connectivity index (χ1n) is 12.4. The molecule has 0 bridgehead atoms. The van der Waals surface area contributed by atoms with E-state index in [2.05, 4.69) is 60.2 Å². The van der Waals surface area contributed by atoms with Crippen LogP contribution in [0.5, 0.6) is 11.5 Å². The van der Waals surface area contributed by atoms with Crippen molar-refractivity contribution in [1.82, 2.24) is 14.7 Å². The lowest BCUT2D eigenvalue weighted by Gasteiger charge is -2.24. The summed E-state index contributed by atoms with van der Waals surface area (Å²) in [6.07, 6.45) is 4.15. The van der Waals surface area contributed by atoms with Crippen LogP contribution in [0.15, 0.2) is 59.4 Å². The number of hydrogen-bond acceptors (Lipinski definition) is 6. The van der Waals surface area contributed by atoms with E-state index in [1.807, 2.05) is 0 Å². The molecule has 0 aliphatic rings. The first-order chi connectivity index (χ1) is 16.9. The zero-order valence-electron chi connectivity index (χ0n) is 21.4. The standard InChI is InChI=1S/C28H38N4O3/c1-5-31(21-22-12-8-9-13-26(22)30(2)3)18-10-6-7-11-19-32-28(34)17-15-25(29-32)24-20-23(35-4)14-16-27(24)33/h8-9,12-17,20,33H,5-7,10-11,18-19,21H2,1-4H3. The second-order valence-corrected chi connectivity index (χ2v) is 8.97. The van der Waals surface area contributed by atoms with E-state index in [1.165, 1.54) is 22.0 Å². The van der Waals surface area contributed by atoms with E-state index in [4.69, 9.17) is 4.74 Å². The minimum atomic E-state index is -0.132. The average molecular weight is 479 g/mol. The maximum absolute atomic E-state index is 12.3. The Kier molecular flexibility index (Phi) is 9.73. The summed E-state index contributed by atoms with van der Waals surface area (Å²) in [5, 5.41) is 14.7. The van der Waals surface area contributed by atoms with Gasteiger partial charge in [0.15, 0.2) is 0 Å². The lowest BCUT2D eigenvalue weighted by atomic mass is 10.1. The second kappa shape index (κ2) is 13.0. The van der Waals surface area contributed by atoms with E-state index in [0.717, 1.165) is 45.3 Å². The summed E-state index contributed by atoms with van der Waals surface area (Å²) in [4.78, 5) is 17.0. The highest BCUT2D eigenvalue weighted by Crippen LogP contribution is 2.30. The van der Waals surface area contributed by atoms with Gasteiger partial charge in [0.05, 0.1) is 12.8 Å². The molecule has 0 fully saturated rings. The van der Waals surface area contributed by atoms with Gasteiger partial charge in [-0.3, -0.25) is 9.69 Å². The summed E-state index contributed by atoms with van der Waals surface area (Å²) in [5.74, 6) is 0.737. The molecule has 188 valence electrons. The Morgan fingerprint density at radius 2 is 1.77 bits per heavy atom. The molecule has 0 aliphatic heterocycles. The molecule has 3 aromatic rings. The molecule has 0 saturated carbocycles. The molecular formula is C28H38N4O3. The first-order valence-corrected chi connectivity index (χ1v) is 12.4. The van der Waals surface area contributed by atoms with Crippen LogP contribution in [-0.4, -0.2) is 54.1 Å². The van der Waals surface area contributed by atoms with E-state index in [0.29, 0.717) is 23.6 Å². The molecular weight excluding hydrogens is 440 g/mol. The van der Waals surface area contributed by atoms with Crippen LogP contribution in [0.4, 0.5) is 5.69 Å². The van der Waals surface area contributed by atoms with Gasteiger partial charge in [0.25, 0.3) is 5.56 Å². The van der Waals surface area contributed by atoms with Gasteiger partial charge >= 0.3 is 0 Å². The third-order valence-corrected chi connectivity index (χ3v) is 6.26. The smallest absolute Gasteiger partial charge is 0.266 e. The predicted octanol–water partition coefficient (Wildman–Crippen LogP) is 4.77. The Morgan fingerprint density at radius 1 is 1.00 bits per heavy atom. The number of phenolic OH excluding ortho intramolecular Hbond substituents is 1. The number of anilines is 1. The third-order valence-electron chi connectivity index (χ3n) is 6.26. The Morgan fingerprint density at radius 3 is 2.51 bits per heavy atom. The number of aromatic nitrogens is 2. The summed E-state index contributed by atoms with van der Waals surface area (Å²) >= 11 is 0. The third kappa shape index (κ3) is 7.33. The molecule has 3 rings (SSSR count). The van der Waals surface area contributed by atoms with Gasteiger partial charge in [-0.05, 0) is 61.8 Å². The fraction of sp³-hybridized carbons (Fsp3) is 0.429. The topological polar surface area (TPSA) is 70.8 Å². The first kappa shape index (κ1) is 26.3. The Labute approximate surface area is 208 Å². The number of phenols is 1. The van der Waals surface area contributed by atoms with Crippen molar-refractivity contribution in [3.8, 4) is 22.8 Å². The molecule has 0 unspecified atom stereocenters. The van der Waals surface area contributed by atoms with Crippen LogP contribution in [0, 0.1) is 0 Å². The zero-order chi connectivity index (χ0) is 25.2. The largest absolute Gasteiger partial charge is 0.507 e. The number of hydrogen-bond donors (Lipinski definition) is 1. The Hall–Kier alpha value is -3.32. The van der Waals surface area contributed by atoms with E-state index >= 15 is 0 Å². The van der Waals surface area contributed by atoms with Gasteiger partial charge in [0.1, 0.15) is 11.5 Å². The molecule has 1 aromatic heterocycles. The van der Waals surface area contributed by atoms with Gasteiger partial charge < -0.3 is 14.7 Å². The summed E-state index contributed by atoms with van der Waals surface area (Å²) in [6.45, 7) is 5.80. The van der Waals surface area contributed by atoms with Crippen LogP contribution in [0.25, 0.3) is 11.3 Å². The fourth-order valence-corrected chi connectivity index (χ4v) is 4.22. The number of methoxy groups -OCH3 is 1. The molecule has 1 N–H and O–H groups in total. The number of unbranched alkanes of at least 4 members (excludes halogenated alkanes) is 3. The van der Waals surface area contributed by atoms with Crippen LogP contribution in [0.2, 0.25) is 0 Å². The van der Waals surface area contributed by atoms with Gasteiger partial charge in [0, 0.05) is 44.5 Å². The van der Waals surface area contributed by atoms with Gasteiger partial charge in [0.2, 0.25) is 0 Å². The number of nitrogens with zero attached hydrogens (tertiary/aromatic N) is 4.